The van der Waals surface area contributed by atoms with Gasteiger partial charge in [0, 0.05) is 17.3 Å². The molecule has 0 bridgehead atoms. The average Bonchev–Trinajstić information content (AvgIpc) is 2.61. The van der Waals surface area contributed by atoms with Gasteiger partial charge in [-0.1, -0.05) is 32.9 Å². The van der Waals surface area contributed by atoms with Gasteiger partial charge in [-0.2, -0.15) is 0 Å². The van der Waals surface area contributed by atoms with Gasteiger partial charge < -0.3 is 5.32 Å². The topological polar surface area (TPSA) is 75.3 Å². The fraction of sp³-hybridized carbons (Fsp3) is 0.350. The summed E-state index contributed by atoms with van der Waals surface area (Å²) in [6, 6.07) is 13.5. The number of anilines is 1. The molecule has 5 nitrogen and oxygen atoms in total. The predicted octanol–water partition coefficient (Wildman–Crippen LogP) is 4.14. The van der Waals surface area contributed by atoms with Gasteiger partial charge >= 0.3 is 0 Å². The molecular formula is C20H26N2O3S. The Morgan fingerprint density at radius 1 is 1.04 bits per heavy atom. The number of benzene rings is 2. The fourth-order valence-electron chi connectivity index (χ4n) is 2.38. The minimum absolute atomic E-state index is 0.142. The molecule has 0 saturated heterocycles. The number of rotatable bonds is 7. The Morgan fingerprint density at radius 2 is 1.69 bits per heavy atom. The molecule has 2 rings (SSSR count). The van der Waals surface area contributed by atoms with Crippen molar-refractivity contribution >= 4 is 21.6 Å². The quantitative estimate of drug-likeness (QED) is 0.765. The fourth-order valence-corrected chi connectivity index (χ4v) is 3.71. The van der Waals surface area contributed by atoms with Crippen molar-refractivity contribution in [1.29, 1.82) is 0 Å². The molecule has 0 aliphatic rings. The summed E-state index contributed by atoms with van der Waals surface area (Å²) in [6.07, 6.45) is 0.704. The standard InChI is InChI=1S/C20H26N2O3S/c1-5-15(4)22-26(24,25)19-11-9-16(10-12-19)20(23)21-18-8-6-7-17(13-18)14(2)3/h6-15,22H,5H2,1-4H3,(H,21,23). The van der Waals surface area contributed by atoms with Crippen LogP contribution in [0, 0.1) is 0 Å². The van der Waals surface area contributed by atoms with Crippen LogP contribution in [0.3, 0.4) is 0 Å². The van der Waals surface area contributed by atoms with Crippen LogP contribution in [0.4, 0.5) is 5.69 Å². The van der Waals surface area contributed by atoms with Crippen LogP contribution in [0.5, 0.6) is 0 Å². The van der Waals surface area contributed by atoms with Crippen LogP contribution in [0.15, 0.2) is 53.4 Å². The number of carbonyl (C=O) groups is 1. The molecule has 0 aliphatic heterocycles. The van der Waals surface area contributed by atoms with Gasteiger partial charge in [-0.15, -0.1) is 0 Å². The first kappa shape index (κ1) is 20.1. The van der Waals surface area contributed by atoms with E-state index in [1.165, 1.54) is 24.3 Å². The Kier molecular flexibility index (Phi) is 6.56. The molecule has 2 aromatic carbocycles. The molecule has 0 heterocycles. The summed E-state index contributed by atoms with van der Waals surface area (Å²) in [4.78, 5) is 12.6. The first-order chi connectivity index (χ1) is 12.2. The molecule has 0 fully saturated rings. The molecule has 1 unspecified atom stereocenters. The number of amides is 1. The smallest absolute Gasteiger partial charge is 0.255 e. The highest BCUT2D eigenvalue weighted by atomic mass is 32.2. The van der Waals surface area contributed by atoms with Crippen LogP contribution in [0.25, 0.3) is 0 Å². The molecule has 140 valence electrons. The summed E-state index contributed by atoms with van der Waals surface area (Å²) < 4.78 is 27.1. The lowest BCUT2D eigenvalue weighted by molar-refractivity contribution is 0.102. The molecule has 1 amide bonds. The molecule has 6 heteroatoms. The van der Waals surface area contributed by atoms with E-state index in [9.17, 15) is 13.2 Å². The number of carbonyl (C=O) groups excluding carboxylic acids is 1. The van der Waals surface area contributed by atoms with Gasteiger partial charge in [0.25, 0.3) is 5.91 Å². The highest BCUT2D eigenvalue weighted by molar-refractivity contribution is 7.89. The second kappa shape index (κ2) is 8.47. The minimum atomic E-state index is -3.57. The lowest BCUT2D eigenvalue weighted by atomic mass is 10.0. The summed E-state index contributed by atoms with van der Waals surface area (Å²) in [6.45, 7) is 7.90. The zero-order chi connectivity index (χ0) is 19.3. The van der Waals surface area contributed by atoms with E-state index in [0.29, 0.717) is 17.9 Å². The zero-order valence-corrected chi connectivity index (χ0v) is 16.4. The van der Waals surface area contributed by atoms with Gasteiger partial charge in [-0.25, -0.2) is 13.1 Å². The normalized spacial score (nSPS) is 12.8. The zero-order valence-electron chi connectivity index (χ0n) is 15.6. The SMILES string of the molecule is CCC(C)NS(=O)(=O)c1ccc(C(=O)Nc2cccc(C(C)C)c2)cc1. The Morgan fingerprint density at radius 3 is 2.27 bits per heavy atom. The Hall–Kier alpha value is -2.18. The van der Waals surface area contributed by atoms with E-state index in [2.05, 4.69) is 23.9 Å². The minimum Gasteiger partial charge on any atom is -0.322 e. The monoisotopic (exact) mass is 374 g/mol. The molecule has 1 atom stereocenters. The van der Waals surface area contributed by atoms with Crippen molar-refractivity contribution in [2.75, 3.05) is 5.32 Å². The summed E-state index contributed by atoms with van der Waals surface area (Å²) >= 11 is 0. The average molecular weight is 375 g/mol. The maximum absolute atomic E-state index is 12.4. The maximum Gasteiger partial charge on any atom is 0.255 e. The maximum atomic E-state index is 12.4. The second-order valence-corrected chi connectivity index (χ2v) is 8.40. The highest BCUT2D eigenvalue weighted by Gasteiger charge is 2.17. The van der Waals surface area contributed by atoms with Gasteiger partial charge in [0.1, 0.15) is 0 Å². The van der Waals surface area contributed by atoms with Crippen molar-refractivity contribution < 1.29 is 13.2 Å². The van der Waals surface area contributed by atoms with Crippen LogP contribution >= 0.6 is 0 Å². The Bertz CT molecular complexity index is 859. The van der Waals surface area contributed by atoms with Crippen molar-refractivity contribution in [3.05, 3.63) is 59.7 Å². The third-order valence-electron chi connectivity index (χ3n) is 4.21. The van der Waals surface area contributed by atoms with E-state index >= 15 is 0 Å². The van der Waals surface area contributed by atoms with E-state index in [4.69, 9.17) is 0 Å². The summed E-state index contributed by atoms with van der Waals surface area (Å²) in [7, 11) is -3.57. The van der Waals surface area contributed by atoms with Crippen LogP contribution in [-0.4, -0.2) is 20.4 Å². The van der Waals surface area contributed by atoms with Crippen LogP contribution in [-0.2, 0) is 10.0 Å². The lowest BCUT2D eigenvalue weighted by Gasteiger charge is -2.12. The predicted molar refractivity (Wildman–Crippen MR) is 105 cm³/mol. The van der Waals surface area contributed by atoms with E-state index in [1.54, 1.807) is 0 Å². The number of hydrogen-bond donors (Lipinski definition) is 2. The third-order valence-corrected chi connectivity index (χ3v) is 5.81. The van der Waals surface area contributed by atoms with Crippen LogP contribution in [0.1, 0.15) is 56.0 Å². The van der Waals surface area contributed by atoms with E-state index in [1.807, 2.05) is 38.1 Å². The number of nitrogens with one attached hydrogen (secondary N) is 2. The van der Waals surface area contributed by atoms with E-state index < -0.39 is 10.0 Å². The van der Waals surface area contributed by atoms with Gasteiger partial charge in [0.2, 0.25) is 10.0 Å². The van der Waals surface area contributed by atoms with Crippen molar-refractivity contribution in [2.45, 2.75) is 51.0 Å². The van der Waals surface area contributed by atoms with Crippen LogP contribution in [0.2, 0.25) is 0 Å². The highest BCUT2D eigenvalue weighted by Crippen LogP contribution is 2.19. The van der Waals surface area contributed by atoms with Crippen molar-refractivity contribution in [2.24, 2.45) is 0 Å². The van der Waals surface area contributed by atoms with E-state index in [-0.39, 0.29) is 16.8 Å². The largest absolute Gasteiger partial charge is 0.322 e. The molecule has 0 aliphatic carbocycles. The summed E-state index contributed by atoms with van der Waals surface area (Å²) in [5.74, 6) is 0.0964. The first-order valence-corrected chi connectivity index (χ1v) is 10.2. The van der Waals surface area contributed by atoms with Crippen molar-refractivity contribution in [3.63, 3.8) is 0 Å². The molecule has 0 aromatic heterocycles. The lowest BCUT2D eigenvalue weighted by Crippen LogP contribution is -2.32. The third kappa shape index (κ3) is 5.16. The molecule has 0 spiro atoms. The van der Waals surface area contributed by atoms with Gasteiger partial charge in [0.05, 0.1) is 4.90 Å². The summed E-state index contributed by atoms with van der Waals surface area (Å²) in [5, 5.41) is 2.85. The Labute approximate surface area is 155 Å². The molecular weight excluding hydrogens is 348 g/mol. The molecule has 26 heavy (non-hydrogen) atoms. The van der Waals surface area contributed by atoms with Gasteiger partial charge in [-0.3, -0.25) is 4.79 Å². The molecule has 0 radical (unpaired) electrons. The molecule has 2 aromatic rings. The van der Waals surface area contributed by atoms with Gasteiger partial charge in [0.15, 0.2) is 0 Å². The first-order valence-electron chi connectivity index (χ1n) is 8.76. The van der Waals surface area contributed by atoms with Crippen molar-refractivity contribution in [1.82, 2.24) is 4.72 Å². The van der Waals surface area contributed by atoms with Crippen LogP contribution < -0.4 is 10.0 Å². The number of sulfonamides is 1. The molecule has 2 N–H and O–H groups in total. The Balaban J connectivity index is 2.13. The molecule has 0 saturated carbocycles. The van der Waals surface area contributed by atoms with Crippen molar-refractivity contribution in [3.8, 4) is 0 Å². The van der Waals surface area contributed by atoms with E-state index in [0.717, 1.165) is 11.3 Å². The van der Waals surface area contributed by atoms with Gasteiger partial charge in [-0.05, 0) is 61.2 Å². The second-order valence-electron chi connectivity index (χ2n) is 6.69. The summed E-state index contributed by atoms with van der Waals surface area (Å²) in [5.41, 5.74) is 2.26. The number of hydrogen-bond acceptors (Lipinski definition) is 3.